The smallest absolute Gasteiger partial charge is 0.266 e. The summed E-state index contributed by atoms with van der Waals surface area (Å²) in [5.41, 5.74) is 7.50. The highest BCUT2D eigenvalue weighted by molar-refractivity contribution is 8.26. The van der Waals surface area contributed by atoms with E-state index >= 15 is 0 Å². The molecule has 11 heteroatoms. The van der Waals surface area contributed by atoms with Crippen molar-refractivity contribution in [1.82, 2.24) is 20.7 Å². The topological polar surface area (TPSA) is 91.4 Å². The van der Waals surface area contributed by atoms with Gasteiger partial charge in [0.2, 0.25) is 5.91 Å². The average Bonchev–Trinajstić information content (AvgIpc) is 3.38. The molecule has 1 aliphatic rings. The highest BCUT2D eigenvalue weighted by atomic mass is 32.2. The van der Waals surface area contributed by atoms with Crippen molar-refractivity contribution in [2.75, 3.05) is 12.3 Å². The number of para-hydroxylation sites is 1. The van der Waals surface area contributed by atoms with Gasteiger partial charge in [-0.3, -0.25) is 30.1 Å². The summed E-state index contributed by atoms with van der Waals surface area (Å²) >= 11 is 9.22. The van der Waals surface area contributed by atoms with Gasteiger partial charge >= 0.3 is 0 Å². The lowest BCUT2D eigenvalue weighted by atomic mass is 10.1. The van der Waals surface area contributed by atoms with E-state index in [2.05, 4.69) is 15.8 Å². The van der Waals surface area contributed by atoms with Crippen LogP contribution in [0, 0.1) is 0 Å². The van der Waals surface area contributed by atoms with Crippen LogP contribution < -0.4 is 10.9 Å². The van der Waals surface area contributed by atoms with Crippen LogP contribution >= 0.6 is 47.1 Å². The first-order chi connectivity index (χ1) is 16.9. The highest BCUT2D eigenvalue weighted by Gasteiger charge is 2.33. The van der Waals surface area contributed by atoms with Gasteiger partial charge in [0.25, 0.3) is 11.8 Å². The molecule has 35 heavy (non-hydrogen) atoms. The van der Waals surface area contributed by atoms with Gasteiger partial charge in [0.05, 0.1) is 20.9 Å². The van der Waals surface area contributed by atoms with Crippen molar-refractivity contribution in [2.24, 2.45) is 0 Å². The predicted molar refractivity (Wildman–Crippen MR) is 147 cm³/mol. The van der Waals surface area contributed by atoms with Crippen molar-refractivity contribution in [3.05, 3.63) is 76.7 Å². The normalized spacial score (nSPS) is 15.2. The number of benzene rings is 2. The summed E-state index contributed by atoms with van der Waals surface area (Å²) in [6.07, 6.45) is 3.71. The summed E-state index contributed by atoms with van der Waals surface area (Å²) in [7, 11) is 0. The van der Waals surface area contributed by atoms with E-state index in [1.165, 1.54) is 28.0 Å². The van der Waals surface area contributed by atoms with Crippen LogP contribution in [0.3, 0.4) is 0 Å². The molecule has 1 aromatic heterocycles. The lowest BCUT2D eigenvalue weighted by Crippen LogP contribution is -2.47. The van der Waals surface area contributed by atoms with Crippen molar-refractivity contribution in [2.45, 2.75) is 11.3 Å². The zero-order valence-electron chi connectivity index (χ0n) is 18.5. The van der Waals surface area contributed by atoms with Crippen molar-refractivity contribution in [3.63, 3.8) is 0 Å². The third-order valence-corrected chi connectivity index (χ3v) is 8.23. The monoisotopic (exact) mass is 540 g/mol. The minimum Gasteiger partial charge on any atom is -0.283 e. The van der Waals surface area contributed by atoms with Crippen molar-refractivity contribution in [3.8, 4) is 0 Å². The Balaban J connectivity index is 1.25. The van der Waals surface area contributed by atoms with Crippen LogP contribution in [0.4, 0.5) is 0 Å². The molecule has 0 unspecified atom stereocenters. The Kier molecular flexibility index (Phi) is 8.34. The van der Waals surface area contributed by atoms with E-state index in [0.717, 1.165) is 37.5 Å². The van der Waals surface area contributed by atoms with E-state index in [1.54, 1.807) is 6.08 Å². The number of thiazole rings is 1. The minimum atomic E-state index is -0.544. The van der Waals surface area contributed by atoms with Crippen LogP contribution in [0.2, 0.25) is 0 Å². The van der Waals surface area contributed by atoms with Gasteiger partial charge in [-0.05, 0) is 36.3 Å². The number of hydrogen-bond donors (Lipinski definition) is 2. The quantitative estimate of drug-likeness (QED) is 0.199. The molecule has 3 aromatic rings. The van der Waals surface area contributed by atoms with Gasteiger partial charge in [-0.1, -0.05) is 84.3 Å². The van der Waals surface area contributed by atoms with Crippen molar-refractivity contribution < 1.29 is 14.4 Å². The number of allylic oxidation sites excluding steroid dienone is 2. The standard InChI is InChI=1S/C24H20N4O3S4/c1-15(11-16-7-3-2-4-8-16)12-19-22(31)28(24(32)35-19)13-20(29)26-27-21(30)14-33-23-25-17-9-5-6-10-18(17)34-23/h2-12H,13-14H2,1H3,(H,26,29)(H,27,30)/b15-11+,19-12-. The number of carbonyl (C=O) groups is 3. The molecule has 0 spiro atoms. The molecule has 3 amide bonds. The molecule has 2 aromatic carbocycles. The molecular formula is C24H20N4O3S4. The van der Waals surface area contributed by atoms with Crippen LogP contribution in [0.1, 0.15) is 12.5 Å². The Morgan fingerprint density at radius 1 is 1.09 bits per heavy atom. The number of amides is 3. The maximum Gasteiger partial charge on any atom is 0.266 e. The second kappa shape index (κ2) is 11.6. The maximum atomic E-state index is 12.8. The maximum absolute atomic E-state index is 12.8. The van der Waals surface area contributed by atoms with E-state index in [9.17, 15) is 14.4 Å². The summed E-state index contributed by atoms with van der Waals surface area (Å²) in [6, 6.07) is 17.5. The molecule has 1 saturated heterocycles. The Bertz CT molecular complexity index is 1320. The highest BCUT2D eigenvalue weighted by Crippen LogP contribution is 2.32. The fourth-order valence-electron chi connectivity index (χ4n) is 3.10. The summed E-state index contributed by atoms with van der Waals surface area (Å²) in [5.74, 6) is -1.17. The van der Waals surface area contributed by atoms with Gasteiger partial charge < -0.3 is 0 Å². The number of thioether (sulfide) groups is 2. The molecular weight excluding hydrogens is 521 g/mol. The Hall–Kier alpha value is -2.99. The third kappa shape index (κ3) is 6.79. The molecule has 0 atom stereocenters. The van der Waals surface area contributed by atoms with E-state index in [-0.39, 0.29) is 24.1 Å². The van der Waals surface area contributed by atoms with Crippen LogP contribution in [0.15, 0.2) is 75.5 Å². The lowest BCUT2D eigenvalue weighted by molar-refractivity contribution is -0.131. The number of carbonyl (C=O) groups excluding carboxylic acids is 3. The average molecular weight is 541 g/mol. The molecule has 178 valence electrons. The molecule has 2 heterocycles. The number of rotatable bonds is 7. The summed E-state index contributed by atoms with van der Waals surface area (Å²) < 4.78 is 2.11. The molecule has 0 radical (unpaired) electrons. The first-order valence-corrected chi connectivity index (χ1v) is 13.5. The van der Waals surface area contributed by atoms with Gasteiger partial charge in [-0.25, -0.2) is 4.98 Å². The fraction of sp³-hybridized carbons (Fsp3) is 0.125. The Labute approximate surface area is 220 Å². The SMILES string of the molecule is CC(/C=C1\SC(=S)N(CC(=O)NNC(=O)CSc2nc3ccccc3s2)C1=O)=C\c1ccccc1. The first-order valence-electron chi connectivity index (χ1n) is 10.4. The zero-order valence-corrected chi connectivity index (χ0v) is 21.8. The number of nitrogens with one attached hydrogen (secondary N) is 2. The first kappa shape index (κ1) is 25.1. The molecule has 7 nitrogen and oxygen atoms in total. The Morgan fingerprint density at radius 3 is 2.57 bits per heavy atom. The molecule has 1 aliphatic heterocycles. The second-order valence-electron chi connectivity index (χ2n) is 7.40. The largest absolute Gasteiger partial charge is 0.283 e. The number of nitrogens with zero attached hydrogens (tertiary/aromatic N) is 2. The number of aromatic nitrogens is 1. The van der Waals surface area contributed by atoms with Gasteiger partial charge in [-0.2, -0.15) is 0 Å². The van der Waals surface area contributed by atoms with Crippen LogP contribution in [-0.4, -0.2) is 44.2 Å². The number of thiocarbonyl (C=S) groups is 1. The van der Waals surface area contributed by atoms with Gasteiger partial charge in [-0.15, -0.1) is 11.3 Å². The predicted octanol–water partition coefficient (Wildman–Crippen LogP) is 4.38. The van der Waals surface area contributed by atoms with Crippen molar-refractivity contribution in [1.29, 1.82) is 0 Å². The molecule has 4 rings (SSSR count). The molecule has 0 saturated carbocycles. The summed E-state index contributed by atoms with van der Waals surface area (Å²) in [5, 5.41) is 0. The van der Waals surface area contributed by atoms with E-state index < -0.39 is 5.91 Å². The van der Waals surface area contributed by atoms with Gasteiger partial charge in [0, 0.05) is 0 Å². The van der Waals surface area contributed by atoms with Crippen LogP contribution in [0.25, 0.3) is 16.3 Å². The number of fused-ring (bicyclic) bond motifs is 1. The fourth-order valence-corrected chi connectivity index (χ4v) is 6.27. The van der Waals surface area contributed by atoms with Crippen LogP contribution in [0.5, 0.6) is 0 Å². The third-order valence-electron chi connectivity index (χ3n) is 4.67. The molecule has 0 bridgehead atoms. The summed E-state index contributed by atoms with van der Waals surface area (Å²) in [6.45, 7) is 1.61. The van der Waals surface area contributed by atoms with Gasteiger partial charge in [0.1, 0.15) is 10.9 Å². The van der Waals surface area contributed by atoms with E-state index in [0.29, 0.717) is 9.23 Å². The van der Waals surface area contributed by atoms with Crippen LogP contribution in [-0.2, 0) is 14.4 Å². The zero-order chi connectivity index (χ0) is 24.8. The molecule has 0 aliphatic carbocycles. The Morgan fingerprint density at radius 2 is 1.80 bits per heavy atom. The number of hydrogen-bond acceptors (Lipinski definition) is 8. The van der Waals surface area contributed by atoms with E-state index in [1.807, 2.05) is 67.6 Å². The minimum absolute atomic E-state index is 0.0942. The molecule has 2 N–H and O–H groups in total. The molecule has 1 fully saturated rings. The lowest BCUT2D eigenvalue weighted by Gasteiger charge is -2.14. The van der Waals surface area contributed by atoms with Gasteiger partial charge in [0.15, 0.2) is 4.34 Å². The summed E-state index contributed by atoms with van der Waals surface area (Å²) in [4.78, 5) is 43.3. The van der Waals surface area contributed by atoms with E-state index in [4.69, 9.17) is 12.2 Å². The number of hydrazine groups is 1. The second-order valence-corrected chi connectivity index (χ2v) is 11.3. The van der Waals surface area contributed by atoms with Crippen molar-refractivity contribution >= 4 is 85.4 Å².